The normalized spacial score (nSPS) is 15.9. The second-order valence-corrected chi connectivity index (χ2v) is 7.74. The predicted octanol–water partition coefficient (Wildman–Crippen LogP) is 5.21. The minimum atomic E-state index is -4.46. The van der Waals surface area contributed by atoms with Crippen LogP contribution in [0.2, 0.25) is 0 Å². The summed E-state index contributed by atoms with van der Waals surface area (Å²) in [6.07, 6.45) is -4.46. The average molecular weight is 439 g/mol. The monoisotopic (exact) mass is 439 g/mol. The molecule has 166 valence electrons. The maximum absolute atomic E-state index is 13.3. The van der Waals surface area contributed by atoms with Gasteiger partial charge in [-0.3, -0.25) is 9.69 Å². The Balaban J connectivity index is 1.52. The Morgan fingerprint density at radius 2 is 1.44 bits per heavy atom. The number of carbonyl (C=O) groups is 1. The third-order valence-electron chi connectivity index (χ3n) is 5.62. The summed E-state index contributed by atoms with van der Waals surface area (Å²) in [5, 5.41) is 2.70. The number of amides is 1. The molecule has 0 radical (unpaired) electrons. The molecule has 7 heteroatoms. The number of hydrogen-bond donors (Lipinski definition) is 1. The van der Waals surface area contributed by atoms with Crippen molar-refractivity contribution in [1.82, 2.24) is 4.90 Å². The fourth-order valence-corrected chi connectivity index (χ4v) is 4.02. The van der Waals surface area contributed by atoms with Crippen molar-refractivity contribution in [2.75, 3.05) is 36.4 Å². The van der Waals surface area contributed by atoms with Gasteiger partial charge in [-0.2, -0.15) is 13.2 Å². The van der Waals surface area contributed by atoms with E-state index in [1.807, 2.05) is 48.5 Å². The molecular formula is C25H24F3N3O. The highest BCUT2D eigenvalue weighted by atomic mass is 19.4. The number of nitrogens with one attached hydrogen (secondary N) is 1. The van der Waals surface area contributed by atoms with Crippen molar-refractivity contribution < 1.29 is 18.0 Å². The van der Waals surface area contributed by atoms with Gasteiger partial charge >= 0.3 is 6.18 Å². The zero-order valence-corrected chi connectivity index (χ0v) is 17.4. The molecule has 1 atom stereocenters. The van der Waals surface area contributed by atoms with E-state index in [-0.39, 0.29) is 11.6 Å². The van der Waals surface area contributed by atoms with E-state index in [1.165, 1.54) is 12.1 Å². The van der Waals surface area contributed by atoms with E-state index in [2.05, 4.69) is 27.2 Å². The number of anilines is 2. The lowest BCUT2D eigenvalue weighted by molar-refractivity contribution is -0.137. The van der Waals surface area contributed by atoms with Crippen LogP contribution in [0.4, 0.5) is 24.5 Å². The molecule has 1 aliphatic heterocycles. The molecule has 0 saturated carbocycles. The van der Waals surface area contributed by atoms with Crippen molar-refractivity contribution in [3.05, 3.63) is 96.1 Å². The van der Waals surface area contributed by atoms with Crippen molar-refractivity contribution in [3.8, 4) is 0 Å². The Bertz CT molecular complexity index is 1030. The van der Waals surface area contributed by atoms with Gasteiger partial charge in [-0.25, -0.2) is 0 Å². The van der Waals surface area contributed by atoms with E-state index in [0.29, 0.717) is 13.1 Å². The lowest BCUT2D eigenvalue weighted by Crippen LogP contribution is -2.50. The fourth-order valence-electron chi connectivity index (χ4n) is 4.02. The maximum atomic E-state index is 13.3. The van der Waals surface area contributed by atoms with Crippen LogP contribution in [0.15, 0.2) is 84.9 Å². The minimum Gasteiger partial charge on any atom is -0.369 e. The lowest BCUT2D eigenvalue weighted by Gasteiger charge is -2.39. The Kier molecular flexibility index (Phi) is 6.46. The van der Waals surface area contributed by atoms with Crippen LogP contribution in [0.25, 0.3) is 0 Å². The number of carbonyl (C=O) groups excluding carboxylic acids is 1. The summed E-state index contributed by atoms with van der Waals surface area (Å²) in [6, 6.07) is 23.6. The molecule has 1 heterocycles. The topological polar surface area (TPSA) is 35.6 Å². The van der Waals surface area contributed by atoms with Crippen LogP contribution in [-0.2, 0) is 11.0 Å². The summed E-state index contributed by atoms with van der Waals surface area (Å²) in [6.45, 7) is 2.82. The molecule has 0 bridgehead atoms. The first kappa shape index (κ1) is 21.9. The quantitative estimate of drug-likeness (QED) is 0.593. The first-order chi connectivity index (χ1) is 15.4. The first-order valence-corrected chi connectivity index (χ1v) is 10.5. The van der Waals surface area contributed by atoms with Gasteiger partial charge in [0.25, 0.3) is 0 Å². The summed E-state index contributed by atoms with van der Waals surface area (Å²) >= 11 is 0. The number of hydrogen-bond acceptors (Lipinski definition) is 3. The molecule has 4 nitrogen and oxygen atoms in total. The van der Waals surface area contributed by atoms with Gasteiger partial charge in [0, 0.05) is 37.6 Å². The van der Waals surface area contributed by atoms with Crippen LogP contribution in [0.1, 0.15) is 17.2 Å². The van der Waals surface area contributed by atoms with E-state index in [1.54, 1.807) is 0 Å². The van der Waals surface area contributed by atoms with Gasteiger partial charge in [0.1, 0.15) is 6.04 Å². The van der Waals surface area contributed by atoms with Crippen LogP contribution in [0.5, 0.6) is 0 Å². The van der Waals surface area contributed by atoms with Gasteiger partial charge in [0.2, 0.25) is 5.91 Å². The number of para-hydroxylation sites is 1. The lowest BCUT2D eigenvalue weighted by atomic mass is 10.0. The summed E-state index contributed by atoms with van der Waals surface area (Å²) in [5.74, 6) is -0.344. The maximum Gasteiger partial charge on any atom is 0.416 e. The molecule has 32 heavy (non-hydrogen) atoms. The average Bonchev–Trinajstić information content (AvgIpc) is 2.81. The Morgan fingerprint density at radius 1 is 0.812 bits per heavy atom. The molecule has 1 amide bonds. The van der Waals surface area contributed by atoms with Gasteiger partial charge in [0.05, 0.1) is 5.56 Å². The number of halogens is 3. The summed E-state index contributed by atoms with van der Waals surface area (Å²) < 4.78 is 39.2. The van der Waals surface area contributed by atoms with E-state index in [9.17, 15) is 18.0 Å². The zero-order chi connectivity index (χ0) is 22.6. The van der Waals surface area contributed by atoms with Crippen molar-refractivity contribution in [2.24, 2.45) is 0 Å². The fraction of sp³-hybridized carbons (Fsp3) is 0.240. The van der Waals surface area contributed by atoms with Gasteiger partial charge in [-0.05, 0) is 35.9 Å². The van der Waals surface area contributed by atoms with E-state index in [0.717, 1.165) is 36.5 Å². The molecule has 1 fully saturated rings. The van der Waals surface area contributed by atoms with Gasteiger partial charge in [0.15, 0.2) is 0 Å². The van der Waals surface area contributed by atoms with Crippen LogP contribution >= 0.6 is 0 Å². The van der Waals surface area contributed by atoms with Crippen LogP contribution in [-0.4, -0.2) is 37.0 Å². The Labute approximate surface area is 185 Å². The molecule has 1 saturated heterocycles. The largest absolute Gasteiger partial charge is 0.416 e. The van der Waals surface area contributed by atoms with Crippen molar-refractivity contribution >= 4 is 17.3 Å². The van der Waals surface area contributed by atoms with Crippen LogP contribution in [0.3, 0.4) is 0 Å². The summed E-state index contributed by atoms with van der Waals surface area (Å²) in [5.41, 5.74) is 1.29. The van der Waals surface area contributed by atoms with Crippen molar-refractivity contribution in [1.29, 1.82) is 0 Å². The Hall–Kier alpha value is -3.32. The SMILES string of the molecule is O=C(Nc1cccc(C(F)(F)F)c1)[C@@H](c1ccccc1)N1CCN(c2ccccc2)CC1. The van der Waals surface area contributed by atoms with Gasteiger partial charge in [-0.15, -0.1) is 0 Å². The molecule has 0 unspecified atom stereocenters. The zero-order valence-electron chi connectivity index (χ0n) is 17.4. The highest BCUT2D eigenvalue weighted by Crippen LogP contribution is 2.31. The van der Waals surface area contributed by atoms with E-state index < -0.39 is 17.8 Å². The third-order valence-corrected chi connectivity index (χ3v) is 5.62. The first-order valence-electron chi connectivity index (χ1n) is 10.5. The van der Waals surface area contributed by atoms with E-state index >= 15 is 0 Å². The molecule has 4 rings (SSSR count). The number of rotatable bonds is 5. The number of nitrogens with zero attached hydrogens (tertiary/aromatic N) is 2. The van der Waals surface area contributed by atoms with Gasteiger partial charge < -0.3 is 10.2 Å². The van der Waals surface area contributed by atoms with Crippen molar-refractivity contribution in [2.45, 2.75) is 12.2 Å². The summed E-state index contributed by atoms with van der Waals surface area (Å²) in [4.78, 5) is 17.6. The predicted molar refractivity (Wildman–Crippen MR) is 119 cm³/mol. The molecule has 1 aliphatic rings. The number of alkyl halides is 3. The molecule has 1 N–H and O–H groups in total. The summed E-state index contributed by atoms with van der Waals surface area (Å²) in [7, 11) is 0. The van der Waals surface area contributed by atoms with E-state index in [4.69, 9.17) is 0 Å². The molecular weight excluding hydrogens is 415 g/mol. The minimum absolute atomic E-state index is 0.133. The highest BCUT2D eigenvalue weighted by molar-refractivity contribution is 5.95. The van der Waals surface area contributed by atoms with Crippen LogP contribution in [0, 0.1) is 0 Å². The second-order valence-electron chi connectivity index (χ2n) is 7.74. The standard InChI is InChI=1S/C25H24F3N3O/c26-25(27,28)20-10-7-11-21(18-20)29-24(32)23(19-8-3-1-4-9-19)31-16-14-30(15-17-31)22-12-5-2-6-13-22/h1-13,18,23H,14-17H2,(H,29,32)/t23-/m1/s1. The molecule has 0 aromatic heterocycles. The van der Waals surface area contributed by atoms with Crippen molar-refractivity contribution in [3.63, 3.8) is 0 Å². The Morgan fingerprint density at radius 3 is 2.06 bits per heavy atom. The number of benzene rings is 3. The molecule has 0 aliphatic carbocycles. The molecule has 3 aromatic rings. The van der Waals surface area contributed by atoms with Crippen LogP contribution < -0.4 is 10.2 Å². The second kappa shape index (κ2) is 9.44. The highest BCUT2D eigenvalue weighted by Gasteiger charge is 2.32. The number of piperazine rings is 1. The molecule has 0 spiro atoms. The third kappa shape index (κ3) is 5.11. The molecule has 3 aromatic carbocycles. The van der Waals surface area contributed by atoms with Gasteiger partial charge in [-0.1, -0.05) is 54.6 Å². The smallest absolute Gasteiger partial charge is 0.369 e.